The summed E-state index contributed by atoms with van der Waals surface area (Å²) in [5.41, 5.74) is 0.709. The van der Waals surface area contributed by atoms with Crippen LogP contribution < -0.4 is 14.8 Å². The average molecular weight is 400 g/mol. The van der Waals surface area contributed by atoms with Crippen LogP contribution in [0.3, 0.4) is 0 Å². The average Bonchev–Trinajstić information content (AvgIpc) is 2.65. The van der Waals surface area contributed by atoms with Gasteiger partial charge in [0.1, 0.15) is 5.75 Å². The van der Waals surface area contributed by atoms with Gasteiger partial charge in [0, 0.05) is 19.6 Å². The number of aryl methyl sites for hydroxylation is 1. The summed E-state index contributed by atoms with van der Waals surface area (Å²) >= 11 is 0. The zero-order valence-corrected chi connectivity index (χ0v) is 17.0. The van der Waals surface area contributed by atoms with E-state index in [2.05, 4.69) is 14.9 Å². The lowest BCUT2D eigenvalue weighted by molar-refractivity contribution is -0.122. The van der Waals surface area contributed by atoms with E-state index in [1.165, 1.54) is 26.2 Å². The van der Waals surface area contributed by atoms with E-state index in [9.17, 15) is 13.2 Å². The molecule has 8 nitrogen and oxygen atoms in total. The van der Waals surface area contributed by atoms with Crippen molar-refractivity contribution >= 4 is 15.9 Å². The van der Waals surface area contributed by atoms with Crippen LogP contribution in [-0.2, 0) is 19.6 Å². The molecule has 1 aliphatic rings. The van der Waals surface area contributed by atoms with Crippen LogP contribution >= 0.6 is 0 Å². The van der Waals surface area contributed by atoms with Gasteiger partial charge in [-0.05, 0) is 50.6 Å². The lowest BCUT2D eigenvalue weighted by atomic mass is 10.2. The van der Waals surface area contributed by atoms with Crippen LogP contribution in [0, 0.1) is 6.92 Å². The smallest absolute Gasteiger partial charge is 0.241 e. The summed E-state index contributed by atoms with van der Waals surface area (Å²) in [6, 6.07) is 3.72. The number of sulfonamides is 1. The van der Waals surface area contributed by atoms with Gasteiger partial charge >= 0.3 is 0 Å². The predicted molar refractivity (Wildman–Crippen MR) is 102 cm³/mol. The third kappa shape index (κ3) is 6.46. The van der Waals surface area contributed by atoms with E-state index in [0.29, 0.717) is 17.9 Å². The number of ether oxygens (including phenoxy) is 2. The van der Waals surface area contributed by atoms with Crippen molar-refractivity contribution in [2.24, 2.45) is 0 Å². The number of hydrogen-bond acceptors (Lipinski definition) is 6. The minimum absolute atomic E-state index is 0.104. The SMILES string of the molecule is COc1ccc(S(=O)(=O)N[C@H](C)C(=O)NCCCN2CCOCC2)cc1C. The van der Waals surface area contributed by atoms with Gasteiger partial charge in [0.15, 0.2) is 0 Å². The largest absolute Gasteiger partial charge is 0.496 e. The van der Waals surface area contributed by atoms with Crippen molar-refractivity contribution in [1.29, 1.82) is 0 Å². The van der Waals surface area contributed by atoms with Crippen molar-refractivity contribution in [2.45, 2.75) is 31.2 Å². The maximum absolute atomic E-state index is 12.5. The molecular formula is C18H29N3O5S. The van der Waals surface area contributed by atoms with Gasteiger partial charge in [0.2, 0.25) is 15.9 Å². The Morgan fingerprint density at radius 2 is 2.04 bits per heavy atom. The van der Waals surface area contributed by atoms with Crippen molar-refractivity contribution in [3.8, 4) is 5.75 Å². The fourth-order valence-electron chi connectivity index (χ4n) is 2.86. The van der Waals surface area contributed by atoms with Crippen LogP contribution in [-0.4, -0.2) is 71.8 Å². The molecule has 1 aromatic rings. The highest BCUT2D eigenvalue weighted by Crippen LogP contribution is 2.21. The van der Waals surface area contributed by atoms with Gasteiger partial charge in [0.25, 0.3) is 0 Å². The van der Waals surface area contributed by atoms with Crippen LogP contribution in [0.2, 0.25) is 0 Å². The van der Waals surface area contributed by atoms with Gasteiger partial charge in [-0.1, -0.05) is 0 Å². The number of carbonyl (C=O) groups excluding carboxylic acids is 1. The van der Waals surface area contributed by atoms with Crippen molar-refractivity contribution in [1.82, 2.24) is 14.9 Å². The van der Waals surface area contributed by atoms with E-state index in [1.54, 1.807) is 13.0 Å². The van der Waals surface area contributed by atoms with Crippen LogP contribution in [0.4, 0.5) is 0 Å². The van der Waals surface area contributed by atoms with Crippen LogP contribution in [0.25, 0.3) is 0 Å². The van der Waals surface area contributed by atoms with Crippen LogP contribution in [0.5, 0.6) is 5.75 Å². The first kappa shape index (κ1) is 21.6. The summed E-state index contributed by atoms with van der Waals surface area (Å²) in [6.45, 7) is 8.00. The number of nitrogens with zero attached hydrogens (tertiary/aromatic N) is 1. The second kappa shape index (κ2) is 10.0. The van der Waals surface area contributed by atoms with E-state index in [0.717, 1.165) is 39.3 Å². The topological polar surface area (TPSA) is 97.0 Å². The normalized spacial score (nSPS) is 16.7. The molecule has 9 heteroatoms. The molecule has 2 N–H and O–H groups in total. The molecule has 2 rings (SSSR count). The number of amides is 1. The molecule has 27 heavy (non-hydrogen) atoms. The summed E-state index contributed by atoms with van der Waals surface area (Å²) in [4.78, 5) is 14.6. The Kier molecular flexibility index (Phi) is 8.03. The molecule has 1 amide bonds. The number of nitrogens with one attached hydrogen (secondary N) is 2. The molecule has 1 saturated heterocycles. The summed E-state index contributed by atoms with van der Waals surface area (Å²) < 4.78 is 37.8. The number of benzene rings is 1. The van der Waals surface area contributed by atoms with Gasteiger partial charge in [-0.2, -0.15) is 4.72 Å². The van der Waals surface area contributed by atoms with E-state index < -0.39 is 16.1 Å². The summed E-state index contributed by atoms with van der Waals surface area (Å²) in [5, 5.41) is 2.78. The van der Waals surface area contributed by atoms with Gasteiger partial charge in [0.05, 0.1) is 31.3 Å². The molecule has 0 aromatic heterocycles. The Bertz CT molecular complexity index is 733. The number of hydrogen-bond donors (Lipinski definition) is 2. The van der Waals surface area contributed by atoms with Crippen molar-refractivity contribution < 1.29 is 22.7 Å². The monoisotopic (exact) mass is 399 g/mol. The summed E-state index contributed by atoms with van der Waals surface area (Å²) in [6.07, 6.45) is 0.808. The van der Waals surface area contributed by atoms with Crippen LogP contribution in [0.1, 0.15) is 18.9 Å². The molecule has 1 atom stereocenters. The van der Waals surface area contributed by atoms with Crippen molar-refractivity contribution in [3.63, 3.8) is 0 Å². The molecular weight excluding hydrogens is 370 g/mol. The minimum Gasteiger partial charge on any atom is -0.496 e. The zero-order chi connectivity index (χ0) is 19.9. The Morgan fingerprint density at radius 3 is 2.67 bits per heavy atom. The zero-order valence-electron chi connectivity index (χ0n) is 16.2. The molecule has 1 heterocycles. The Balaban J connectivity index is 1.80. The van der Waals surface area contributed by atoms with E-state index in [-0.39, 0.29) is 10.8 Å². The molecule has 1 aliphatic heterocycles. The Labute approximate surface area is 161 Å². The maximum atomic E-state index is 12.5. The first-order valence-corrected chi connectivity index (χ1v) is 10.6. The fourth-order valence-corrected chi connectivity index (χ4v) is 4.15. The minimum atomic E-state index is -3.79. The van der Waals surface area contributed by atoms with Gasteiger partial charge < -0.3 is 14.8 Å². The molecule has 0 spiro atoms. The van der Waals surface area contributed by atoms with Gasteiger partial charge in [-0.15, -0.1) is 0 Å². The Morgan fingerprint density at radius 1 is 1.33 bits per heavy atom. The third-order valence-corrected chi connectivity index (χ3v) is 5.99. The van der Waals surface area contributed by atoms with Crippen molar-refractivity contribution in [3.05, 3.63) is 23.8 Å². The van der Waals surface area contributed by atoms with Crippen LogP contribution in [0.15, 0.2) is 23.1 Å². The number of carbonyl (C=O) groups is 1. The second-order valence-corrected chi connectivity index (χ2v) is 8.29. The molecule has 0 bridgehead atoms. The second-order valence-electron chi connectivity index (χ2n) is 6.57. The standard InChI is InChI=1S/C18H29N3O5S/c1-14-13-16(5-6-17(14)25-3)27(23,24)20-15(2)18(22)19-7-4-8-21-9-11-26-12-10-21/h5-6,13,15,20H,4,7-12H2,1-3H3,(H,19,22)/t15-/m1/s1. The first-order chi connectivity index (χ1) is 12.8. The quantitative estimate of drug-likeness (QED) is 0.588. The molecule has 0 saturated carbocycles. The number of morpholine rings is 1. The fraction of sp³-hybridized carbons (Fsp3) is 0.611. The molecule has 0 aliphatic carbocycles. The molecule has 0 unspecified atom stereocenters. The van der Waals surface area contributed by atoms with Gasteiger partial charge in [-0.25, -0.2) is 8.42 Å². The molecule has 0 radical (unpaired) electrons. The van der Waals surface area contributed by atoms with E-state index >= 15 is 0 Å². The summed E-state index contributed by atoms with van der Waals surface area (Å²) in [7, 11) is -2.26. The molecule has 152 valence electrons. The lowest BCUT2D eigenvalue weighted by Crippen LogP contribution is -2.45. The lowest BCUT2D eigenvalue weighted by Gasteiger charge is -2.26. The Hall–Kier alpha value is -1.68. The third-order valence-electron chi connectivity index (χ3n) is 4.46. The predicted octanol–water partition coefficient (Wildman–Crippen LogP) is 0.509. The number of methoxy groups -OCH3 is 1. The van der Waals surface area contributed by atoms with Gasteiger partial charge in [-0.3, -0.25) is 9.69 Å². The number of rotatable bonds is 9. The molecule has 1 aromatic carbocycles. The van der Waals surface area contributed by atoms with E-state index in [4.69, 9.17) is 9.47 Å². The summed E-state index contributed by atoms with van der Waals surface area (Å²) in [5.74, 6) is 0.269. The van der Waals surface area contributed by atoms with Crippen molar-refractivity contribution in [2.75, 3.05) is 46.5 Å². The first-order valence-electron chi connectivity index (χ1n) is 9.08. The highest BCUT2D eigenvalue weighted by Gasteiger charge is 2.22. The maximum Gasteiger partial charge on any atom is 0.241 e. The highest BCUT2D eigenvalue weighted by molar-refractivity contribution is 7.89. The molecule has 1 fully saturated rings. The van der Waals surface area contributed by atoms with E-state index in [1.807, 2.05) is 0 Å². The highest BCUT2D eigenvalue weighted by atomic mass is 32.2.